The van der Waals surface area contributed by atoms with Gasteiger partial charge in [-0.1, -0.05) is 0 Å². The normalized spacial score (nSPS) is 11.4. The van der Waals surface area contributed by atoms with Gasteiger partial charge >= 0.3 is 15.1 Å². The molecule has 8 heteroatoms. The van der Waals surface area contributed by atoms with Crippen LogP contribution in [-0.2, 0) is 10.1 Å². The van der Waals surface area contributed by atoms with Crippen molar-refractivity contribution in [2.24, 2.45) is 0 Å². The van der Waals surface area contributed by atoms with E-state index in [1.807, 2.05) is 0 Å². The summed E-state index contributed by atoms with van der Waals surface area (Å²) in [5, 5.41) is 9.76. The molecule has 6 nitrogen and oxygen atoms in total. The highest BCUT2D eigenvalue weighted by molar-refractivity contribution is 7.88. The van der Waals surface area contributed by atoms with Crippen molar-refractivity contribution in [2.75, 3.05) is 0 Å². The molecule has 0 amide bonds. The second kappa shape index (κ2) is 2.81. The smallest absolute Gasteiger partial charge is 0.281 e. The number of nitro groups is 1. The molecule has 1 aromatic heterocycles. The Morgan fingerprint density at radius 1 is 1.50 bits per heavy atom. The highest BCUT2D eigenvalue weighted by Crippen LogP contribution is 2.26. The molecule has 0 fully saturated rings. The molecule has 0 aromatic carbocycles. The van der Waals surface area contributed by atoms with Crippen LogP contribution in [-0.4, -0.2) is 17.9 Å². The highest BCUT2D eigenvalue weighted by Gasteiger charge is 2.17. The van der Waals surface area contributed by atoms with E-state index < -0.39 is 19.3 Å². The van der Waals surface area contributed by atoms with Gasteiger partial charge in [-0.25, -0.2) is 0 Å². The van der Waals surface area contributed by atoms with Crippen LogP contribution in [0, 0.1) is 10.1 Å². The first-order valence-electron chi connectivity index (χ1n) is 2.63. The maximum Gasteiger partial charge on any atom is 0.325 e. The summed E-state index contributed by atoms with van der Waals surface area (Å²) in [6, 6.07) is 2.01. The summed E-state index contributed by atoms with van der Waals surface area (Å²) >= 11 is 0.411. The van der Waals surface area contributed by atoms with Crippen molar-refractivity contribution in [3.63, 3.8) is 0 Å². The van der Waals surface area contributed by atoms with Crippen LogP contribution in [0.25, 0.3) is 0 Å². The van der Waals surface area contributed by atoms with Crippen LogP contribution in [0.1, 0.15) is 0 Å². The molecule has 1 aromatic rings. The van der Waals surface area contributed by atoms with Crippen LogP contribution >= 0.6 is 11.3 Å². The monoisotopic (exact) mass is 209 g/mol. The zero-order valence-electron chi connectivity index (χ0n) is 5.50. The lowest BCUT2D eigenvalue weighted by Gasteiger charge is -1.85. The van der Waals surface area contributed by atoms with E-state index in [4.69, 9.17) is 4.55 Å². The molecule has 0 unspecified atom stereocenters. The molecule has 0 radical (unpaired) electrons. The van der Waals surface area contributed by atoms with Crippen LogP contribution in [0.4, 0.5) is 5.00 Å². The summed E-state index contributed by atoms with van der Waals surface area (Å²) in [5.74, 6) is 0. The molecule has 0 atom stereocenters. The third-order valence-electron chi connectivity index (χ3n) is 1.00. The Bertz CT molecular complexity index is 405. The van der Waals surface area contributed by atoms with Crippen molar-refractivity contribution in [1.82, 2.24) is 0 Å². The fraction of sp³-hybridized carbons (Fsp3) is 0. The van der Waals surface area contributed by atoms with Gasteiger partial charge in [-0.15, -0.1) is 0 Å². The topological polar surface area (TPSA) is 97.5 Å². The highest BCUT2D eigenvalue weighted by atomic mass is 32.3. The molecule has 0 saturated heterocycles. The Morgan fingerprint density at radius 2 is 2.08 bits per heavy atom. The van der Waals surface area contributed by atoms with Crippen molar-refractivity contribution in [2.45, 2.75) is 4.21 Å². The molecule has 1 rings (SSSR count). The Kier molecular flexibility index (Phi) is 2.13. The predicted octanol–water partition coefficient (Wildman–Crippen LogP) is 0.903. The fourth-order valence-corrected chi connectivity index (χ4v) is 2.02. The predicted molar refractivity (Wildman–Crippen MR) is 40.8 cm³/mol. The van der Waals surface area contributed by atoms with E-state index in [1.54, 1.807) is 0 Å². The first-order valence-corrected chi connectivity index (χ1v) is 4.88. The minimum Gasteiger partial charge on any atom is -0.281 e. The number of thiophene rings is 1. The molecule has 1 heterocycles. The minimum absolute atomic E-state index is 0.317. The van der Waals surface area contributed by atoms with Gasteiger partial charge in [-0.05, 0) is 17.4 Å². The van der Waals surface area contributed by atoms with Gasteiger partial charge < -0.3 is 0 Å². The first-order chi connectivity index (χ1) is 5.41. The van der Waals surface area contributed by atoms with Crippen LogP contribution in [0.5, 0.6) is 0 Å². The van der Waals surface area contributed by atoms with E-state index in [0.29, 0.717) is 11.3 Å². The van der Waals surface area contributed by atoms with Crippen molar-refractivity contribution >= 4 is 26.5 Å². The van der Waals surface area contributed by atoms with Crippen LogP contribution < -0.4 is 0 Å². The van der Waals surface area contributed by atoms with E-state index in [-0.39, 0.29) is 5.00 Å². The summed E-state index contributed by atoms with van der Waals surface area (Å²) in [5.41, 5.74) is 0. The number of rotatable bonds is 2. The molecule has 0 aliphatic rings. The quantitative estimate of drug-likeness (QED) is 0.443. The lowest BCUT2D eigenvalue weighted by atomic mass is 10.6. The summed E-state index contributed by atoms with van der Waals surface area (Å²) < 4.78 is 28.8. The maximum atomic E-state index is 10.4. The van der Waals surface area contributed by atoms with E-state index in [2.05, 4.69) is 0 Å². The van der Waals surface area contributed by atoms with Crippen LogP contribution in [0.3, 0.4) is 0 Å². The first kappa shape index (κ1) is 9.10. The van der Waals surface area contributed by atoms with Crippen molar-refractivity contribution in [3.8, 4) is 0 Å². The van der Waals surface area contributed by atoms with Crippen molar-refractivity contribution in [1.29, 1.82) is 0 Å². The third-order valence-corrected chi connectivity index (χ3v) is 3.36. The molecule has 0 saturated carbocycles. The van der Waals surface area contributed by atoms with Crippen molar-refractivity contribution < 1.29 is 17.9 Å². The molecular formula is C4H3NO5S2. The summed E-state index contributed by atoms with van der Waals surface area (Å²) in [6.07, 6.45) is 0. The molecule has 1 N–H and O–H groups in total. The van der Waals surface area contributed by atoms with Gasteiger partial charge in [-0.2, -0.15) is 8.42 Å². The van der Waals surface area contributed by atoms with E-state index in [9.17, 15) is 18.5 Å². The van der Waals surface area contributed by atoms with Gasteiger partial charge in [0, 0.05) is 6.07 Å². The van der Waals surface area contributed by atoms with Crippen molar-refractivity contribution in [3.05, 3.63) is 22.2 Å². The van der Waals surface area contributed by atoms with Crippen LogP contribution in [0.15, 0.2) is 16.3 Å². The van der Waals surface area contributed by atoms with E-state index in [0.717, 1.165) is 12.1 Å². The van der Waals surface area contributed by atoms with Gasteiger partial charge in [0.05, 0.1) is 4.92 Å². The molecule has 0 aliphatic heterocycles. The zero-order valence-corrected chi connectivity index (χ0v) is 7.13. The maximum absolute atomic E-state index is 10.4. The minimum atomic E-state index is -4.30. The summed E-state index contributed by atoms with van der Waals surface area (Å²) in [6.45, 7) is 0. The van der Waals surface area contributed by atoms with Gasteiger partial charge in [-0.3, -0.25) is 14.7 Å². The van der Waals surface area contributed by atoms with Gasteiger partial charge in [0.2, 0.25) is 0 Å². The largest absolute Gasteiger partial charge is 0.325 e. The molecule has 0 aliphatic carbocycles. The zero-order chi connectivity index (χ0) is 9.35. The Labute approximate surface area is 71.4 Å². The van der Waals surface area contributed by atoms with E-state index >= 15 is 0 Å². The Morgan fingerprint density at radius 3 is 2.33 bits per heavy atom. The number of hydrogen-bond acceptors (Lipinski definition) is 5. The standard InChI is InChI=1S/C4H3NO5S2/c6-5(7)3-1-2-4(11-3)12(8,9)10/h1-2H,(H,8,9,10). The van der Waals surface area contributed by atoms with E-state index in [1.165, 1.54) is 0 Å². The third kappa shape index (κ3) is 1.78. The van der Waals surface area contributed by atoms with Gasteiger partial charge in [0.25, 0.3) is 0 Å². The Hall–Kier alpha value is -0.990. The molecule has 0 spiro atoms. The van der Waals surface area contributed by atoms with Gasteiger partial charge in [0.15, 0.2) is 4.21 Å². The lowest BCUT2D eigenvalue weighted by molar-refractivity contribution is -0.380. The fourth-order valence-electron chi connectivity index (χ4n) is 0.547. The number of hydrogen-bond donors (Lipinski definition) is 1. The Balaban J connectivity index is 3.17. The summed E-state index contributed by atoms with van der Waals surface area (Å²) in [4.78, 5) is 9.36. The molecule has 66 valence electrons. The average Bonchev–Trinajstić information content (AvgIpc) is 2.30. The van der Waals surface area contributed by atoms with Gasteiger partial charge in [0.1, 0.15) is 0 Å². The second-order valence-electron chi connectivity index (χ2n) is 1.82. The SMILES string of the molecule is O=[N+]([O-])c1ccc(S(=O)(=O)O)s1. The summed E-state index contributed by atoms with van der Waals surface area (Å²) in [7, 11) is -4.30. The second-order valence-corrected chi connectivity index (χ2v) is 4.54. The molecule has 12 heavy (non-hydrogen) atoms. The molecule has 0 bridgehead atoms. The lowest BCUT2D eigenvalue weighted by Crippen LogP contribution is -1.93. The molecular weight excluding hydrogens is 206 g/mol. The number of nitrogens with zero attached hydrogens (tertiary/aromatic N) is 1. The average molecular weight is 209 g/mol. The van der Waals surface area contributed by atoms with Crippen LogP contribution in [0.2, 0.25) is 0 Å².